The lowest BCUT2D eigenvalue weighted by molar-refractivity contribution is 0.0628. The summed E-state index contributed by atoms with van der Waals surface area (Å²) in [7, 11) is 0. The maximum absolute atomic E-state index is 13.4. The molecule has 4 heteroatoms. The molecular weight excluding hydrogens is 331 g/mol. The average molecular weight is 359 g/mol. The molecule has 0 amide bonds. The zero-order valence-electron chi connectivity index (χ0n) is 13.6. The Morgan fingerprint density at radius 3 is 2.19 bits per heavy atom. The minimum Gasteiger partial charge on any atom is -0.326 e. The van der Waals surface area contributed by atoms with Gasteiger partial charge in [0.2, 0.25) is 0 Å². The van der Waals surface area contributed by atoms with Crippen molar-refractivity contribution in [2.24, 2.45) is 5.73 Å². The number of halogens is 2. The van der Waals surface area contributed by atoms with E-state index in [0.29, 0.717) is 4.47 Å². The summed E-state index contributed by atoms with van der Waals surface area (Å²) in [6, 6.07) is 5.21. The predicted molar refractivity (Wildman–Crippen MR) is 92.0 cm³/mol. The van der Waals surface area contributed by atoms with Crippen molar-refractivity contribution >= 4 is 15.9 Å². The van der Waals surface area contributed by atoms with Gasteiger partial charge in [-0.15, -0.1) is 0 Å². The Morgan fingerprint density at radius 1 is 1.19 bits per heavy atom. The third kappa shape index (κ3) is 4.05. The third-order valence-corrected chi connectivity index (χ3v) is 5.36. The van der Waals surface area contributed by atoms with Crippen molar-refractivity contribution in [1.82, 2.24) is 4.90 Å². The molecule has 120 valence electrons. The van der Waals surface area contributed by atoms with E-state index in [1.54, 1.807) is 0 Å². The van der Waals surface area contributed by atoms with Crippen molar-refractivity contribution in [2.45, 2.75) is 58.5 Å². The molecule has 0 saturated heterocycles. The lowest BCUT2D eigenvalue weighted by atomic mass is 9.80. The second-order valence-corrected chi connectivity index (χ2v) is 6.40. The number of rotatable bonds is 8. The van der Waals surface area contributed by atoms with Crippen LogP contribution in [0.25, 0.3) is 0 Å². The van der Waals surface area contributed by atoms with Crippen molar-refractivity contribution in [2.75, 3.05) is 13.1 Å². The molecule has 1 rings (SSSR count). The van der Waals surface area contributed by atoms with E-state index in [4.69, 9.17) is 5.73 Å². The van der Waals surface area contributed by atoms with Gasteiger partial charge < -0.3 is 5.73 Å². The van der Waals surface area contributed by atoms with Crippen LogP contribution in [-0.2, 0) is 6.42 Å². The van der Waals surface area contributed by atoms with E-state index in [1.807, 2.05) is 12.1 Å². The predicted octanol–water partition coefficient (Wildman–Crippen LogP) is 4.36. The quantitative estimate of drug-likeness (QED) is 0.747. The van der Waals surface area contributed by atoms with E-state index in [2.05, 4.69) is 48.5 Å². The van der Waals surface area contributed by atoms with Gasteiger partial charge >= 0.3 is 0 Å². The molecule has 2 nitrogen and oxygen atoms in total. The SMILES string of the molecule is CCN(CC)C(CC)(CC)C(N)Cc1ccc(F)c(Br)c1. The highest BCUT2D eigenvalue weighted by Crippen LogP contribution is 2.29. The summed E-state index contributed by atoms with van der Waals surface area (Å²) >= 11 is 3.25. The summed E-state index contributed by atoms with van der Waals surface area (Å²) < 4.78 is 13.9. The van der Waals surface area contributed by atoms with E-state index in [0.717, 1.165) is 37.9 Å². The largest absolute Gasteiger partial charge is 0.326 e. The zero-order chi connectivity index (χ0) is 16.0. The van der Waals surface area contributed by atoms with Crippen molar-refractivity contribution in [1.29, 1.82) is 0 Å². The Hall–Kier alpha value is -0.450. The molecule has 0 aliphatic carbocycles. The van der Waals surface area contributed by atoms with Gasteiger partial charge in [0.25, 0.3) is 0 Å². The topological polar surface area (TPSA) is 29.3 Å². The maximum atomic E-state index is 13.4. The fourth-order valence-electron chi connectivity index (χ4n) is 3.42. The summed E-state index contributed by atoms with van der Waals surface area (Å²) in [5.74, 6) is -0.228. The van der Waals surface area contributed by atoms with Crippen LogP contribution in [0, 0.1) is 5.82 Å². The molecule has 0 bridgehead atoms. The van der Waals surface area contributed by atoms with Crippen LogP contribution in [0.2, 0.25) is 0 Å². The Balaban J connectivity index is 3.00. The first-order chi connectivity index (χ1) is 9.94. The Labute approximate surface area is 137 Å². The minimum atomic E-state index is -0.228. The van der Waals surface area contributed by atoms with E-state index < -0.39 is 0 Å². The van der Waals surface area contributed by atoms with Crippen LogP contribution >= 0.6 is 15.9 Å². The molecule has 1 unspecified atom stereocenters. The van der Waals surface area contributed by atoms with E-state index in [-0.39, 0.29) is 17.4 Å². The van der Waals surface area contributed by atoms with E-state index >= 15 is 0 Å². The van der Waals surface area contributed by atoms with Crippen molar-refractivity contribution in [3.63, 3.8) is 0 Å². The van der Waals surface area contributed by atoms with Crippen molar-refractivity contribution in [3.8, 4) is 0 Å². The Bertz CT molecular complexity index is 442. The summed E-state index contributed by atoms with van der Waals surface area (Å²) in [6.07, 6.45) is 2.81. The van der Waals surface area contributed by atoms with Crippen LogP contribution in [0.4, 0.5) is 4.39 Å². The molecule has 0 fully saturated rings. The van der Waals surface area contributed by atoms with Gasteiger partial charge in [0, 0.05) is 11.6 Å². The number of nitrogens with two attached hydrogens (primary N) is 1. The van der Waals surface area contributed by atoms with Gasteiger partial charge in [-0.2, -0.15) is 0 Å². The van der Waals surface area contributed by atoms with Gasteiger partial charge in [-0.25, -0.2) is 4.39 Å². The molecule has 0 heterocycles. The monoisotopic (exact) mass is 358 g/mol. The summed E-state index contributed by atoms with van der Waals surface area (Å²) in [6.45, 7) is 10.8. The van der Waals surface area contributed by atoms with Crippen LogP contribution in [0.15, 0.2) is 22.7 Å². The number of likely N-dealkylation sites (N-methyl/N-ethyl adjacent to an activating group) is 1. The number of benzene rings is 1. The van der Waals surface area contributed by atoms with Crippen LogP contribution in [0.3, 0.4) is 0 Å². The second-order valence-electron chi connectivity index (χ2n) is 5.54. The standard InChI is InChI=1S/C17H28BrFN2/c1-5-17(6-2,21(7-3)8-4)16(20)12-13-9-10-15(19)14(18)11-13/h9-11,16H,5-8,12,20H2,1-4H3. The smallest absolute Gasteiger partial charge is 0.137 e. The van der Waals surface area contributed by atoms with Crippen molar-refractivity contribution < 1.29 is 4.39 Å². The lowest BCUT2D eigenvalue weighted by Crippen LogP contribution is -2.60. The van der Waals surface area contributed by atoms with Crippen LogP contribution < -0.4 is 5.73 Å². The van der Waals surface area contributed by atoms with Gasteiger partial charge in [0.1, 0.15) is 5.82 Å². The molecule has 1 aromatic carbocycles. The highest BCUT2D eigenvalue weighted by Gasteiger charge is 2.37. The second kappa shape index (κ2) is 8.25. The summed E-state index contributed by atoms with van der Waals surface area (Å²) in [4.78, 5) is 2.47. The first-order valence-electron chi connectivity index (χ1n) is 7.89. The lowest BCUT2D eigenvalue weighted by Gasteiger charge is -2.46. The Kier molecular flexibility index (Phi) is 7.31. The minimum absolute atomic E-state index is 0.00433. The number of hydrogen-bond acceptors (Lipinski definition) is 2. The molecule has 0 radical (unpaired) electrons. The molecule has 1 aromatic rings. The fourth-order valence-corrected chi connectivity index (χ4v) is 3.85. The van der Waals surface area contributed by atoms with Gasteiger partial charge in [-0.3, -0.25) is 4.90 Å². The zero-order valence-corrected chi connectivity index (χ0v) is 15.2. The van der Waals surface area contributed by atoms with Gasteiger partial charge in [0.05, 0.1) is 4.47 Å². The molecule has 0 aromatic heterocycles. The molecule has 2 N–H and O–H groups in total. The van der Waals surface area contributed by atoms with Gasteiger partial charge in [-0.05, 0) is 66.0 Å². The molecular formula is C17H28BrFN2. The summed E-state index contributed by atoms with van der Waals surface area (Å²) in [5, 5.41) is 0. The maximum Gasteiger partial charge on any atom is 0.137 e. The normalized spacial score (nSPS) is 13.7. The molecule has 0 spiro atoms. The first kappa shape index (κ1) is 18.6. The van der Waals surface area contributed by atoms with Gasteiger partial charge in [-0.1, -0.05) is 33.8 Å². The number of hydrogen-bond donors (Lipinski definition) is 1. The highest BCUT2D eigenvalue weighted by atomic mass is 79.9. The van der Waals surface area contributed by atoms with E-state index in [1.165, 1.54) is 6.07 Å². The molecule has 21 heavy (non-hydrogen) atoms. The van der Waals surface area contributed by atoms with Crippen LogP contribution in [0.1, 0.15) is 46.1 Å². The third-order valence-electron chi connectivity index (χ3n) is 4.75. The van der Waals surface area contributed by atoms with Crippen LogP contribution in [-0.4, -0.2) is 29.6 Å². The Morgan fingerprint density at radius 2 is 1.76 bits per heavy atom. The molecule has 1 atom stereocenters. The van der Waals surface area contributed by atoms with E-state index in [9.17, 15) is 4.39 Å². The fraction of sp³-hybridized carbons (Fsp3) is 0.647. The molecule has 0 aliphatic heterocycles. The number of nitrogens with zero attached hydrogens (tertiary/aromatic N) is 1. The average Bonchev–Trinajstić information content (AvgIpc) is 2.48. The van der Waals surface area contributed by atoms with Gasteiger partial charge in [0.15, 0.2) is 0 Å². The van der Waals surface area contributed by atoms with Crippen molar-refractivity contribution in [3.05, 3.63) is 34.1 Å². The van der Waals surface area contributed by atoms with Crippen LogP contribution in [0.5, 0.6) is 0 Å². The summed E-state index contributed by atoms with van der Waals surface area (Å²) in [5.41, 5.74) is 7.68. The molecule has 0 aliphatic rings. The highest BCUT2D eigenvalue weighted by molar-refractivity contribution is 9.10. The first-order valence-corrected chi connectivity index (χ1v) is 8.68. The molecule has 0 saturated carbocycles.